The average Bonchev–Trinajstić information content (AvgIpc) is 2.35. The minimum absolute atomic E-state index is 0.0530. The molecule has 0 aliphatic rings. The van der Waals surface area contributed by atoms with E-state index in [2.05, 4.69) is 18.7 Å². The summed E-state index contributed by atoms with van der Waals surface area (Å²) < 4.78 is 0. The number of carboxylic acid groups (broad SMARTS) is 1. The second-order valence-corrected chi connectivity index (χ2v) is 5.64. The molecule has 1 aromatic rings. The van der Waals surface area contributed by atoms with E-state index in [9.17, 15) is 4.79 Å². The molecule has 0 aliphatic heterocycles. The van der Waals surface area contributed by atoms with E-state index in [0.717, 1.165) is 17.7 Å². The van der Waals surface area contributed by atoms with Gasteiger partial charge >= 0.3 is 5.97 Å². The first-order valence-corrected chi connectivity index (χ1v) is 7.12. The zero-order chi connectivity index (χ0) is 15.1. The van der Waals surface area contributed by atoms with Gasteiger partial charge in [-0.25, -0.2) is 0 Å². The van der Waals surface area contributed by atoms with Crippen molar-refractivity contribution < 1.29 is 9.90 Å². The van der Waals surface area contributed by atoms with Gasteiger partial charge in [-0.05, 0) is 25.0 Å². The first-order chi connectivity index (χ1) is 9.40. The highest BCUT2D eigenvalue weighted by molar-refractivity contribution is 7.80. The molecule has 1 rings (SSSR count). The van der Waals surface area contributed by atoms with Crippen LogP contribution < -0.4 is 5.73 Å². The fraction of sp³-hybridized carbons (Fsp3) is 0.467. The molecule has 0 aromatic heterocycles. The molecule has 0 saturated heterocycles. The van der Waals surface area contributed by atoms with Crippen LogP contribution in [-0.4, -0.2) is 33.6 Å². The highest BCUT2D eigenvalue weighted by atomic mass is 32.1. The molecule has 0 amide bonds. The average molecular weight is 294 g/mol. The van der Waals surface area contributed by atoms with Gasteiger partial charge in [0.25, 0.3) is 0 Å². The maximum Gasteiger partial charge on any atom is 0.307 e. The van der Waals surface area contributed by atoms with Crippen molar-refractivity contribution in [1.29, 1.82) is 0 Å². The molecule has 1 aromatic carbocycles. The molecule has 3 N–H and O–H groups in total. The number of rotatable bonds is 8. The lowest BCUT2D eigenvalue weighted by Crippen LogP contribution is -2.33. The third-order valence-corrected chi connectivity index (χ3v) is 3.41. The summed E-state index contributed by atoms with van der Waals surface area (Å²) in [5.41, 5.74) is 7.47. The van der Waals surface area contributed by atoms with Gasteiger partial charge in [0, 0.05) is 25.6 Å². The molecular weight excluding hydrogens is 272 g/mol. The van der Waals surface area contributed by atoms with Crippen LogP contribution in [0.3, 0.4) is 0 Å². The summed E-state index contributed by atoms with van der Waals surface area (Å²) in [4.78, 5) is 13.7. The first-order valence-electron chi connectivity index (χ1n) is 6.71. The maximum absolute atomic E-state index is 10.9. The Morgan fingerprint density at radius 1 is 1.35 bits per heavy atom. The Morgan fingerprint density at radius 2 is 1.95 bits per heavy atom. The predicted molar refractivity (Wildman–Crippen MR) is 84.7 cm³/mol. The van der Waals surface area contributed by atoms with Gasteiger partial charge in [-0.1, -0.05) is 36.5 Å². The van der Waals surface area contributed by atoms with Crippen molar-refractivity contribution in [3.63, 3.8) is 0 Å². The minimum Gasteiger partial charge on any atom is -0.481 e. The van der Waals surface area contributed by atoms with Gasteiger partial charge in [0.2, 0.25) is 0 Å². The summed E-state index contributed by atoms with van der Waals surface area (Å²) in [7, 11) is 0. The minimum atomic E-state index is -0.809. The van der Waals surface area contributed by atoms with Crippen molar-refractivity contribution in [2.24, 2.45) is 5.73 Å². The van der Waals surface area contributed by atoms with Crippen LogP contribution in [0.15, 0.2) is 24.3 Å². The van der Waals surface area contributed by atoms with E-state index in [1.54, 1.807) is 0 Å². The maximum atomic E-state index is 10.9. The smallest absolute Gasteiger partial charge is 0.307 e. The molecule has 5 heteroatoms. The number of hydrogen-bond acceptors (Lipinski definition) is 3. The Balaban J connectivity index is 2.82. The van der Waals surface area contributed by atoms with E-state index < -0.39 is 5.97 Å². The van der Waals surface area contributed by atoms with Crippen molar-refractivity contribution in [2.45, 2.75) is 39.3 Å². The van der Waals surface area contributed by atoms with E-state index in [-0.39, 0.29) is 6.42 Å². The molecule has 0 unspecified atom stereocenters. The SMILES string of the molecule is CC(C)N(CCC(N)=S)Cc1ccccc1CC(=O)O. The van der Waals surface area contributed by atoms with Crippen molar-refractivity contribution >= 4 is 23.2 Å². The molecule has 0 radical (unpaired) electrons. The Labute approximate surface area is 125 Å². The van der Waals surface area contributed by atoms with Crippen LogP contribution in [0.5, 0.6) is 0 Å². The summed E-state index contributed by atoms with van der Waals surface area (Å²) in [5, 5.41) is 8.96. The van der Waals surface area contributed by atoms with Gasteiger partial charge in [0.1, 0.15) is 0 Å². The van der Waals surface area contributed by atoms with Crippen LogP contribution >= 0.6 is 12.2 Å². The van der Waals surface area contributed by atoms with Gasteiger partial charge in [0.15, 0.2) is 0 Å². The second-order valence-electron chi connectivity index (χ2n) is 5.12. The van der Waals surface area contributed by atoms with E-state index in [0.29, 0.717) is 24.0 Å². The standard InChI is InChI=1S/C15H22N2O2S/c1-11(2)17(8-7-14(16)20)10-13-6-4-3-5-12(13)9-15(18)19/h3-6,11H,7-10H2,1-2H3,(H2,16,20)(H,18,19). The van der Waals surface area contributed by atoms with Gasteiger partial charge in [-0.2, -0.15) is 0 Å². The largest absolute Gasteiger partial charge is 0.481 e. The quantitative estimate of drug-likeness (QED) is 0.720. The van der Waals surface area contributed by atoms with Gasteiger partial charge in [0.05, 0.1) is 11.4 Å². The van der Waals surface area contributed by atoms with Crippen LogP contribution in [0.2, 0.25) is 0 Å². The fourth-order valence-electron chi connectivity index (χ4n) is 2.04. The predicted octanol–water partition coefficient (Wildman–Crippen LogP) is 2.20. The topological polar surface area (TPSA) is 66.6 Å². The highest BCUT2D eigenvalue weighted by Crippen LogP contribution is 2.15. The number of carboxylic acids is 1. The molecular formula is C15H22N2O2S. The molecule has 20 heavy (non-hydrogen) atoms. The summed E-state index contributed by atoms with van der Waals surface area (Å²) in [5.74, 6) is -0.809. The Hall–Kier alpha value is -1.46. The zero-order valence-electron chi connectivity index (χ0n) is 12.0. The number of hydrogen-bond donors (Lipinski definition) is 2. The highest BCUT2D eigenvalue weighted by Gasteiger charge is 2.13. The van der Waals surface area contributed by atoms with Crippen molar-refractivity contribution in [2.75, 3.05) is 6.54 Å². The summed E-state index contributed by atoms with van der Waals surface area (Å²) >= 11 is 4.92. The lowest BCUT2D eigenvalue weighted by atomic mass is 10.0. The van der Waals surface area contributed by atoms with Crippen LogP contribution in [0.25, 0.3) is 0 Å². The van der Waals surface area contributed by atoms with Crippen LogP contribution in [-0.2, 0) is 17.8 Å². The Bertz CT molecular complexity index is 475. The Kier molecular flexibility index (Phi) is 6.61. The molecule has 110 valence electrons. The third-order valence-electron chi connectivity index (χ3n) is 3.21. The number of thiocarbonyl (C=S) groups is 1. The third kappa shape index (κ3) is 5.67. The van der Waals surface area contributed by atoms with E-state index in [1.165, 1.54) is 0 Å². The van der Waals surface area contributed by atoms with Crippen molar-refractivity contribution in [1.82, 2.24) is 4.90 Å². The number of nitrogens with two attached hydrogens (primary N) is 1. The Morgan fingerprint density at radius 3 is 2.45 bits per heavy atom. The molecule has 0 saturated carbocycles. The van der Waals surface area contributed by atoms with Crippen LogP contribution in [0.4, 0.5) is 0 Å². The molecule has 0 bridgehead atoms. The molecule has 0 fully saturated rings. The number of benzene rings is 1. The van der Waals surface area contributed by atoms with Crippen molar-refractivity contribution in [3.05, 3.63) is 35.4 Å². The summed E-state index contributed by atoms with van der Waals surface area (Å²) in [6, 6.07) is 8.01. The number of carbonyl (C=O) groups is 1. The molecule has 0 heterocycles. The first kappa shape index (κ1) is 16.6. The molecule has 0 atom stereocenters. The van der Waals surface area contributed by atoms with Crippen LogP contribution in [0.1, 0.15) is 31.4 Å². The van der Waals surface area contributed by atoms with E-state index in [1.807, 2.05) is 24.3 Å². The lowest BCUT2D eigenvalue weighted by Gasteiger charge is -2.27. The summed E-state index contributed by atoms with van der Waals surface area (Å²) in [6.07, 6.45) is 0.728. The second kappa shape index (κ2) is 7.97. The van der Waals surface area contributed by atoms with Gasteiger partial charge in [-0.3, -0.25) is 9.69 Å². The van der Waals surface area contributed by atoms with Gasteiger partial charge in [-0.15, -0.1) is 0 Å². The normalized spacial score (nSPS) is 11.0. The molecule has 0 spiro atoms. The van der Waals surface area contributed by atoms with Gasteiger partial charge < -0.3 is 10.8 Å². The fourth-order valence-corrected chi connectivity index (χ4v) is 2.13. The van der Waals surface area contributed by atoms with Crippen molar-refractivity contribution in [3.8, 4) is 0 Å². The monoisotopic (exact) mass is 294 g/mol. The molecule has 0 aliphatic carbocycles. The van der Waals surface area contributed by atoms with E-state index in [4.69, 9.17) is 23.1 Å². The zero-order valence-corrected chi connectivity index (χ0v) is 12.8. The number of nitrogens with zero attached hydrogens (tertiary/aromatic N) is 1. The lowest BCUT2D eigenvalue weighted by molar-refractivity contribution is -0.136. The molecule has 4 nitrogen and oxygen atoms in total. The van der Waals surface area contributed by atoms with Crippen LogP contribution in [0, 0.1) is 0 Å². The number of aliphatic carboxylic acids is 1. The summed E-state index contributed by atoms with van der Waals surface area (Å²) in [6.45, 7) is 5.72. The van der Waals surface area contributed by atoms with E-state index >= 15 is 0 Å².